The molecule has 1 aromatic carbocycles. The van der Waals surface area contributed by atoms with E-state index >= 15 is 0 Å². The van der Waals surface area contributed by atoms with Crippen molar-refractivity contribution in [3.63, 3.8) is 0 Å². The first-order chi connectivity index (χ1) is 18.8. The molecule has 10 heteroatoms. The van der Waals surface area contributed by atoms with E-state index in [1.165, 1.54) is 96.6 Å². The Morgan fingerprint density at radius 1 is 0.846 bits per heavy atom. The van der Waals surface area contributed by atoms with E-state index in [2.05, 4.69) is 11.4 Å². The summed E-state index contributed by atoms with van der Waals surface area (Å²) in [7, 11) is -3.40. The highest BCUT2D eigenvalue weighted by atomic mass is 31.2. The number of nitrogens with zero attached hydrogens (tertiary/aromatic N) is 1. The van der Waals surface area contributed by atoms with Crippen LogP contribution in [0.15, 0.2) is 12.1 Å². The Labute approximate surface area is 234 Å². The number of phosphoric acid groups is 1. The highest BCUT2D eigenvalue weighted by Gasteiger charge is 2.22. The molecule has 0 aromatic heterocycles. The number of hydrogen-bond acceptors (Lipinski definition) is 6. The lowest BCUT2D eigenvalue weighted by molar-refractivity contribution is 0.0162. The maximum atomic E-state index is 14.4. The Morgan fingerprint density at radius 2 is 1.36 bits per heavy atom. The molecule has 0 bridgehead atoms. The maximum absolute atomic E-state index is 14.4. The van der Waals surface area contributed by atoms with E-state index in [0.717, 1.165) is 25.3 Å². The second kappa shape index (κ2) is 22.1. The number of nitriles is 1. The molecule has 0 radical (unpaired) electrons. The van der Waals surface area contributed by atoms with Crippen molar-refractivity contribution in [3.8, 4) is 17.6 Å². The zero-order valence-corrected chi connectivity index (χ0v) is 24.8. The molecular formula is C29H49FNO7P. The molecule has 224 valence electrons. The molecular weight excluding hydrogens is 524 g/mol. The average Bonchev–Trinajstić information content (AvgIpc) is 2.91. The van der Waals surface area contributed by atoms with Crippen molar-refractivity contribution in [2.45, 2.75) is 116 Å². The van der Waals surface area contributed by atoms with Crippen LogP contribution in [0.4, 0.5) is 4.39 Å². The van der Waals surface area contributed by atoms with Crippen LogP contribution in [0.2, 0.25) is 0 Å². The Bertz CT molecular complexity index is 859. The van der Waals surface area contributed by atoms with Crippen LogP contribution >= 0.6 is 7.82 Å². The number of halogens is 1. The van der Waals surface area contributed by atoms with E-state index in [-0.39, 0.29) is 23.7 Å². The number of phosphoric ester groups is 1. The number of ether oxygens (including phenoxy) is 3. The lowest BCUT2D eigenvalue weighted by atomic mass is 10.0. The van der Waals surface area contributed by atoms with Gasteiger partial charge in [0, 0.05) is 12.7 Å². The Morgan fingerprint density at radius 3 is 1.82 bits per heavy atom. The predicted octanol–water partition coefficient (Wildman–Crippen LogP) is 7.84. The monoisotopic (exact) mass is 573 g/mol. The van der Waals surface area contributed by atoms with E-state index in [1.54, 1.807) is 0 Å². The molecule has 1 rings (SSSR count). The van der Waals surface area contributed by atoms with E-state index in [0.29, 0.717) is 6.61 Å². The predicted molar refractivity (Wildman–Crippen MR) is 150 cm³/mol. The minimum absolute atomic E-state index is 0.00474. The fourth-order valence-electron chi connectivity index (χ4n) is 4.32. The van der Waals surface area contributed by atoms with Gasteiger partial charge in [-0.1, -0.05) is 103 Å². The van der Waals surface area contributed by atoms with E-state index < -0.39 is 26.4 Å². The van der Waals surface area contributed by atoms with Crippen molar-refractivity contribution < 1.29 is 37.5 Å². The molecule has 1 unspecified atom stereocenters. The molecule has 0 aliphatic heterocycles. The van der Waals surface area contributed by atoms with Gasteiger partial charge in [-0.3, -0.25) is 4.52 Å². The van der Waals surface area contributed by atoms with Gasteiger partial charge in [-0.15, -0.1) is 0 Å². The molecule has 0 amide bonds. The third-order valence-electron chi connectivity index (χ3n) is 6.54. The summed E-state index contributed by atoms with van der Waals surface area (Å²) < 4.78 is 46.3. The van der Waals surface area contributed by atoms with E-state index in [4.69, 9.17) is 29.3 Å². The van der Waals surface area contributed by atoms with Crippen molar-refractivity contribution in [3.05, 3.63) is 23.5 Å². The summed E-state index contributed by atoms with van der Waals surface area (Å²) in [4.78, 5) is 18.1. The minimum Gasteiger partial charge on any atom is -0.495 e. The van der Waals surface area contributed by atoms with Gasteiger partial charge in [-0.25, -0.2) is 8.96 Å². The van der Waals surface area contributed by atoms with Crippen LogP contribution in [0.25, 0.3) is 0 Å². The summed E-state index contributed by atoms with van der Waals surface area (Å²) >= 11 is 0. The van der Waals surface area contributed by atoms with Gasteiger partial charge >= 0.3 is 7.82 Å². The first kappa shape index (κ1) is 35.3. The van der Waals surface area contributed by atoms with Crippen molar-refractivity contribution in [1.29, 1.82) is 5.26 Å². The van der Waals surface area contributed by atoms with Gasteiger partial charge in [0.15, 0.2) is 11.6 Å². The number of unbranched alkanes of at least 4 members (excludes halogenated alkanes) is 15. The molecule has 0 spiro atoms. The average molecular weight is 574 g/mol. The summed E-state index contributed by atoms with van der Waals surface area (Å²) in [6.45, 7) is 2.17. The first-order valence-corrected chi connectivity index (χ1v) is 16.1. The van der Waals surface area contributed by atoms with Crippen LogP contribution in [-0.2, 0) is 13.8 Å². The largest absolute Gasteiger partial charge is 0.495 e. The Kier molecular flexibility index (Phi) is 20.0. The van der Waals surface area contributed by atoms with Gasteiger partial charge in [-0.2, -0.15) is 5.26 Å². The lowest BCUT2D eigenvalue weighted by Gasteiger charge is -2.20. The summed E-state index contributed by atoms with van der Waals surface area (Å²) in [5, 5.41) is 9.08. The smallest absolute Gasteiger partial charge is 0.469 e. The fraction of sp³-hybridized carbons (Fsp3) is 0.759. The van der Waals surface area contributed by atoms with E-state index in [9.17, 15) is 8.96 Å². The fourth-order valence-corrected chi connectivity index (χ4v) is 4.68. The highest BCUT2D eigenvalue weighted by molar-refractivity contribution is 7.46. The van der Waals surface area contributed by atoms with Crippen LogP contribution in [0.5, 0.6) is 11.5 Å². The molecule has 0 fully saturated rings. The van der Waals surface area contributed by atoms with E-state index in [1.807, 2.05) is 6.07 Å². The molecule has 0 aliphatic rings. The van der Waals surface area contributed by atoms with Gasteiger partial charge in [0.05, 0.1) is 25.9 Å². The number of benzene rings is 1. The lowest BCUT2D eigenvalue weighted by Crippen LogP contribution is -2.29. The number of rotatable bonds is 25. The Hall–Kier alpha value is -1.69. The highest BCUT2D eigenvalue weighted by Crippen LogP contribution is 2.36. The van der Waals surface area contributed by atoms with Crippen LogP contribution in [-0.4, -0.2) is 42.8 Å². The Balaban J connectivity index is 2.20. The quantitative estimate of drug-likeness (QED) is 0.0897. The van der Waals surface area contributed by atoms with Crippen LogP contribution in [0.3, 0.4) is 0 Å². The molecule has 39 heavy (non-hydrogen) atoms. The van der Waals surface area contributed by atoms with Crippen LogP contribution in [0, 0.1) is 17.1 Å². The molecule has 0 saturated heterocycles. The maximum Gasteiger partial charge on any atom is 0.469 e. The van der Waals surface area contributed by atoms with Crippen molar-refractivity contribution in [2.24, 2.45) is 0 Å². The minimum atomic E-state index is -4.74. The molecule has 0 saturated carbocycles. The number of hydrogen-bond donors (Lipinski definition) is 2. The summed E-state index contributed by atoms with van der Waals surface area (Å²) in [6.07, 6.45) is 19.5. The van der Waals surface area contributed by atoms with Crippen LogP contribution < -0.4 is 9.47 Å². The van der Waals surface area contributed by atoms with Crippen LogP contribution in [0.1, 0.15) is 115 Å². The molecule has 2 N–H and O–H groups in total. The summed E-state index contributed by atoms with van der Waals surface area (Å²) in [5.41, 5.74) is 0.00474. The third-order valence-corrected chi connectivity index (χ3v) is 7.03. The van der Waals surface area contributed by atoms with Gasteiger partial charge in [-0.05, 0) is 12.5 Å². The zero-order chi connectivity index (χ0) is 28.8. The summed E-state index contributed by atoms with van der Waals surface area (Å²) in [6, 6.07) is 4.02. The second-order valence-corrected chi connectivity index (χ2v) is 11.2. The van der Waals surface area contributed by atoms with Crippen molar-refractivity contribution in [1.82, 2.24) is 0 Å². The summed E-state index contributed by atoms with van der Waals surface area (Å²) in [5.74, 6) is -0.903. The molecule has 8 nitrogen and oxygen atoms in total. The van der Waals surface area contributed by atoms with Gasteiger partial charge in [0.1, 0.15) is 17.9 Å². The topological polar surface area (TPSA) is 118 Å². The zero-order valence-electron chi connectivity index (χ0n) is 23.9. The SMILES string of the molecule is CCCCCCCCCCCCCCCCCCOCC(COP(=O)(O)O)Oc1cc(OC)c(C#N)cc1F. The normalized spacial score (nSPS) is 12.3. The first-order valence-electron chi connectivity index (χ1n) is 14.5. The molecule has 0 heterocycles. The van der Waals surface area contributed by atoms with Gasteiger partial charge < -0.3 is 24.0 Å². The van der Waals surface area contributed by atoms with Gasteiger partial charge in [0.2, 0.25) is 0 Å². The molecule has 1 atom stereocenters. The third kappa shape index (κ3) is 18.3. The van der Waals surface area contributed by atoms with Crippen molar-refractivity contribution in [2.75, 3.05) is 26.9 Å². The second-order valence-electron chi connectivity index (χ2n) is 10.00. The standard InChI is InChI=1S/C29H49FNO7P/c1-3-4-5-6-7-8-9-10-11-12-13-14-15-16-17-18-19-36-23-26(24-37-39(32,33)34)38-29-21-28(35-2)25(22-31)20-27(29)30/h20-21,26H,3-19,23-24H2,1-2H3,(H2,32,33,34). The number of methoxy groups -OCH3 is 1. The molecule has 1 aromatic rings. The molecule has 0 aliphatic carbocycles. The van der Waals surface area contributed by atoms with Crippen molar-refractivity contribution >= 4 is 7.82 Å². The van der Waals surface area contributed by atoms with Gasteiger partial charge in [0.25, 0.3) is 0 Å².